The number of hydrogen-bond acceptors (Lipinski definition) is 5. The Labute approximate surface area is 172 Å². The summed E-state index contributed by atoms with van der Waals surface area (Å²) in [6, 6.07) is 10.7. The Hall–Kier alpha value is -2.53. The maximum Gasteiger partial charge on any atom is 0.279 e. The zero-order chi connectivity index (χ0) is 20.6. The number of para-hydroxylation sites is 1. The minimum absolute atomic E-state index is 0.0909. The van der Waals surface area contributed by atoms with E-state index in [0.29, 0.717) is 22.8 Å². The summed E-state index contributed by atoms with van der Waals surface area (Å²) in [7, 11) is -3.94. The number of amides is 1. The fraction of sp³-hybridized carbons (Fsp3) is 0.118. The predicted molar refractivity (Wildman–Crippen MR) is 113 cm³/mol. The van der Waals surface area contributed by atoms with Gasteiger partial charge < -0.3 is 10.6 Å². The largest absolute Gasteiger partial charge is 0.374 e. The van der Waals surface area contributed by atoms with Crippen LogP contribution < -0.4 is 20.8 Å². The number of hydrogen-bond donors (Lipinski definition) is 2. The molecule has 1 aliphatic heterocycles. The minimum atomic E-state index is -3.94. The number of halogens is 1. The Balaban J connectivity index is 2.16. The number of hydrazone groups is 1. The first-order valence-corrected chi connectivity index (χ1v) is 10.4. The molecule has 4 N–H and O–H groups in total. The van der Waals surface area contributed by atoms with Gasteiger partial charge in [-0.25, -0.2) is 18.6 Å². The van der Waals surface area contributed by atoms with Gasteiger partial charge in [0.1, 0.15) is 0 Å². The van der Waals surface area contributed by atoms with Crippen molar-refractivity contribution >= 4 is 61.9 Å². The number of anilines is 2. The van der Waals surface area contributed by atoms with Crippen LogP contribution in [0, 0.1) is 0 Å². The van der Waals surface area contributed by atoms with Crippen LogP contribution in [0.5, 0.6) is 0 Å². The van der Waals surface area contributed by atoms with Gasteiger partial charge in [0.15, 0.2) is 10.8 Å². The fourth-order valence-corrected chi connectivity index (χ4v) is 3.83. The maximum absolute atomic E-state index is 12.9. The van der Waals surface area contributed by atoms with Crippen molar-refractivity contribution in [2.45, 2.75) is 11.8 Å². The molecule has 2 aromatic rings. The van der Waals surface area contributed by atoms with Gasteiger partial charge in [0.2, 0.25) is 10.0 Å². The molecule has 0 unspecified atom stereocenters. The normalized spacial score (nSPS) is 15.0. The number of likely N-dealkylation sites (N-methyl/N-ethyl adjacent to an activating group) is 1. The molecule has 0 spiro atoms. The number of nitrogens with zero attached hydrogens (tertiary/aromatic N) is 3. The van der Waals surface area contributed by atoms with Gasteiger partial charge in [0.25, 0.3) is 5.91 Å². The first kappa shape index (κ1) is 20.2. The lowest BCUT2D eigenvalue weighted by atomic mass is 10.1. The zero-order valence-electron chi connectivity index (χ0n) is 14.7. The number of primary sulfonamides is 1. The molecule has 0 atom stereocenters. The van der Waals surface area contributed by atoms with Gasteiger partial charge >= 0.3 is 0 Å². The average molecular weight is 438 g/mol. The van der Waals surface area contributed by atoms with Crippen LogP contribution >= 0.6 is 23.8 Å². The Bertz CT molecular complexity index is 1120. The quantitative estimate of drug-likeness (QED) is 0.555. The van der Waals surface area contributed by atoms with Gasteiger partial charge in [-0.2, -0.15) is 5.10 Å². The van der Waals surface area contributed by atoms with E-state index in [1.807, 2.05) is 6.92 Å². The summed E-state index contributed by atoms with van der Waals surface area (Å²) >= 11 is 11.3. The van der Waals surface area contributed by atoms with E-state index in [1.165, 1.54) is 23.1 Å². The van der Waals surface area contributed by atoms with Crippen LogP contribution in [0.25, 0.3) is 0 Å². The van der Waals surface area contributed by atoms with Gasteiger partial charge in [-0.05, 0) is 43.4 Å². The third kappa shape index (κ3) is 3.59. The standard InChI is InChI=1S/C17H16ClN5O3S2/c1-2-22-15-12(7-4-8-13(15)18)14(16(22)24)21-23(17(19)27)10-5-3-6-11(9-10)28(20,25)26/h3-9H,2H2,1H3,(H2,19,27)(H2,20,25,26)/b21-14-. The van der Waals surface area contributed by atoms with E-state index in [2.05, 4.69) is 5.10 Å². The van der Waals surface area contributed by atoms with Crippen molar-refractivity contribution in [3.8, 4) is 0 Å². The highest BCUT2D eigenvalue weighted by Gasteiger charge is 2.35. The van der Waals surface area contributed by atoms with Crippen LogP contribution in [0.1, 0.15) is 12.5 Å². The summed E-state index contributed by atoms with van der Waals surface area (Å²) in [4.78, 5) is 14.2. The molecule has 2 aromatic carbocycles. The number of sulfonamides is 1. The Morgan fingerprint density at radius 2 is 1.96 bits per heavy atom. The number of carbonyl (C=O) groups excluding carboxylic acids is 1. The van der Waals surface area contributed by atoms with Gasteiger partial charge in [-0.15, -0.1) is 0 Å². The average Bonchev–Trinajstić information content (AvgIpc) is 2.91. The summed E-state index contributed by atoms with van der Waals surface area (Å²) in [6.07, 6.45) is 0. The number of thiocarbonyl (C=S) groups is 1. The lowest BCUT2D eigenvalue weighted by molar-refractivity contribution is -0.112. The van der Waals surface area contributed by atoms with E-state index < -0.39 is 10.0 Å². The summed E-state index contributed by atoms with van der Waals surface area (Å²) in [5.74, 6) is -0.366. The second-order valence-corrected chi connectivity index (χ2v) is 8.21. The van der Waals surface area contributed by atoms with Crippen molar-refractivity contribution in [2.24, 2.45) is 16.0 Å². The first-order valence-electron chi connectivity index (χ1n) is 8.07. The van der Waals surface area contributed by atoms with Crippen molar-refractivity contribution in [3.63, 3.8) is 0 Å². The summed E-state index contributed by atoms with van der Waals surface area (Å²) in [6.45, 7) is 2.21. The van der Waals surface area contributed by atoms with Crippen molar-refractivity contribution < 1.29 is 13.2 Å². The summed E-state index contributed by atoms with van der Waals surface area (Å²) in [5, 5.41) is 10.9. The smallest absolute Gasteiger partial charge is 0.279 e. The SMILES string of the molecule is CCN1C(=O)/C(=N\N(C(N)=S)c2cccc(S(N)(=O)=O)c2)c2cccc(Cl)c21. The van der Waals surface area contributed by atoms with Crippen molar-refractivity contribution in [1.82, 2.24) is 0 Å². The van der Waals surface area contributed by atoms with Crippen LogP contribution in [0.2, 0.25) is 5.02 Å². The van der Waals surface area contributed by atoms with Crippen molar-refractivity contribution in [1.29, 1.82) is 0 Å². The second kappa shape index (κ2) is 7.47. The third-order valence-electron chi connectivity index (χ3n) is 4.08. The fourth-order valence-electron chi connectivity index (χ4n) is 2.85. The summed E-state index contributed by atoms with van der Waals surface area (Å²) in [5.41, 5.74) is 7.21. The van der Waals surface area contributed by atoms with Crippen molar-refractivity contribution in [2.75, 3.05) is 16.5 Å². The highest BCUT2D eigenvalue weighted by Crippen LogP contribution is 2.36. The number of carbonyl (C=O) groups is 1. The first-order chi connectivity index (χ1) is 13.1. The maximum atomic E-state index is 12.9. The van der Waals surface area contributed by atoms with E-state index in [9.17, 15) is 13.2 Å². The van der Waals surface area contributed by atoms with Crippen LogP contribution in [0.15, 0.2) is 52.5 Å². The number of nitrogens with two attached hydrogens (primary N) is 2. The van der Waals surface area contributed by atoms with Gasteiger partial charge in [0, 0.05) is 12.1 Å². The monoisotopic (exact) mass is 437 g/mol. The lowest BCUT2D eigenvalue weighted by Crippen LogP contribution is -2.35. The van der Waals surface area contributed by atoms with Gasteiger partial charge in [-0.1, -0.05) is 29.8 Å². The second-order valence-electron chi connectivity index (χ2n) is 5.83. The van der Waals surface area contributed by atoms with E-state index in [1.54, 1.807) is 24.3 Å². The number of rotatable bonds is 4. The molecule has 146 valence electrons. The van der Waals surface area contributed by atoms with Gasteiger partial charge in [-0.3, -0.25) is 4.79 Å². The van der Waals surface area contributed by atoms with Crippen molar-refractivity contribution in [3.05, 3.63) is 53.1 Å². The lowest BCUT2D eigenvalue weighted by Gasteiger charge is -2.18. The molecule has 0 saturated carbocycles. The molecule has 0 aliphatic carbocycles. The van der Waals surface area contributed by atoms with Gasteiger partial charge in [0.05, 0.1) is 21.3 Å². The predicted octanol–water partition coefficient (Wildman–Crippen LogP) is 1.81. The molecule has 0 aromatic heterocycles. The molecule has 1 aliphatic rings. The molecule has 11 heteroatoms. The Morgan fingerprint density at radius 1 is 1.29 bits per heavy atom. The summed E-state index contributed by atoms with van der Waals surface area (Å²) < 4.78 is 23.3. The third-order valence-corrected chi connectivity index (χ3v) is 5.46. The molecule has 1 amide bonds. The molecule has 3 rings (SSSR count). The number of fused-ring (bicyclic) bond motifs is 1. The molecule has 0 bridgehead atoms. The van der Waals surface area contributed by atoms with E-state index in [0.717, 1.165) is 5.01 Å². The van der Waals surface area contributed by atoms with E-state index >= 15 is 0 Å². The van der Waals surface area contributed by atoms with E-state index in [4.69, 9.17) is 34.7 Å². The van der Waals surface area contributed by atoms with E-state index in [-0.39, 0.29) is 27.3 Å². The highest BCUT2D eigenvalue weighted by molar-refractivity contribution is 7.89. The van der Waals surface area contributed by atoms with Crippen LogP contribution in [0.3, 0.4) is 0 Å². The Morgan fingerprint density at radius 3 is 2.57 bits per heavy atom. The molecule has 28 heavy (non-hydrogen) atoms. The molecule has 0 saturated heterocycles. The highest BCUT2D eigenvalue weighted by atomic mass is 35.5. The van der Waals surface area contributed by atoms with Crippen LogP contribution in [0.4, 0.5) is 11.4 Å². The molecule has 1 heterocycles. The minimum Gasteiger partial charge on any atom is -0.374 e. The zero-order valence-corrected chi connectivity index (χ0v) is 17.1. The molecular formula is C17H16ClN5O3S2. The molecular weight excluding hydrogens is 422 g/mol. The molecule has 8 nitrogen and oxygen atoms in total. The molecule has 0 radical (unpaired) electrons. The molecule has 0 fully saturated rings. The number of benzene rings is 2. The van der Waals surface area contributed by atoms with Crippen LogP contribution in [-0.2, 0) is 14.8 Å². The van der Waals surface area contributed by atoms with Crippen LogP contribution in [-0.4, -0.2) is 31.7 Å². The Kier molecular flexibility index (Phi) is 5.39. The topological polar surface area (TPSA) is 122 Å².